The monoisotopic (exact) mass is 714 g/mol. The van der Waals surface area contributed by atoms with Crippen molar-refractivity contribution in [2.45, 2.75) is 81.4 Å². The number of hydrogen-bond donors (Lipinski definition) is 3. The molecular weight excluding hydrogens is 669 g/mol. The fourth-order valence-electron chi connectivity index (χ4n) is 7.33. The molecule has 3 aromatic rings. The van der Waals surface area contributed by atoms with Gasteiger partial charge in [-0.2, -0.15) is 4.31 Å². The Balaban J connectivity index is 1.08. The Hall–Kier alpha value is -3.01. The molecule has 7 rings (SSSR count). The topological polar surface area (TPSA) is 149 Å². The van der Waals surface area contributed by atoms with Crippen LogP contribution in [0.3, 0.4) is 0 Å². The molecule has 12 nitrogen and oxygen atoms in total. The lowest BCUT2D eigenvalue weighted by molar-refractivity contribution is -0.169. The molecule has 4 aliphatic rings. The third kappa shape index (κ3) is 7.69. The fraction of sp³-hybridized carbons (Fsp3) is 0.600. The summed E-state index contributed by atoms with van der Waals surface area (Å²) in [5, 5.41) is 18.8. The van der Waals surface area contributed by atoms with Gasteiger partial charge >= 0.3 is 6.09 Å². The number of hydrogen-bond acceptors (Lipinski definition) is 11. The average molecular weight is 715 g/mol. The van der Waals surface area contributed by atoms with Gasteiger partial charge in [-0.05, 0) is 73.9 Å². The van der Waals surface area contributed by atoms with Gasteiger partial charge in [0.25, 0.3) is 0 Å². The number of amides is 1. The van der Waals surface area contributed by atoms with E-state index in [1.165, 1.54) is 15.6 Å². The van der Waals surface area contributed by atoms with Crippen molar-refractivity contribution < 1.29 is 37.3 Å². The van der Waals surface area contributed by atoms with E-state index in [9.17, 15) is 18.3 Å². The molecule has 7 atom stereocenters. The van der Waals surface area contributed by atoms with Gasteiger partial charge in [0.15, 0.2) is 11.4 Å². The maximum Gasteiger partial charge on any atom is 0.407 e. The molecule has 3 N–H and O–H groups in total. The molecule has 266 valence electrons. The number of nitrogens with zero attached hydrogens (tertiary/aromatic N) is 2. The predicted molar refractivity (Wildman–Crippen MR) is 185 cm³/mol. The molecule has 5 unspecified atom stereocenters. The van der Waals surface area contributed by atoms with E-state index in [1.54, 1.807) is 25.3 Å². The highest BCUT2D eigenvalue weighted by Gasteiger charge is 2.56. The summed E-state index contributed by atoms with van der Waals surface area (Å²) in [4.78, 5) is 18.2. The average Bonchev–Trinajstić information content (AvgIpc) is 3.53. The second-order valence-corrected chi connectivity index (χ2v) is 17.2. The molecule has 14 heteroatoms. The molecule has 0 radical (unpaired) electrons. The normalized spacial score (nSPS) is 25.9. The van der Waals surface area contributed by atoms with Gasteiger partial charge in [-0.3, -0.25) is 0 Å². The number of aliphatic hydroxyl groups excluding tert-OH is 1. The smallest absolute Gasteiger partial charge is 0.407 e. The second-order valence-electron chi connectivity index (χ2n) is 14.2. The van der Waals surface area contributed by atoms with Crippen molar-refractivity contribution in [1.29, 1.82) is 0 Å². The summed E-state index contributed by atoms with van der Waals surface area (Å²) in [6, 6.07) is 12.2. The highest BCUT2D eigenvalue weighted by Crippen LogP contribution is 2.49. The Morgan fingerprint density at radius 1 is 1.10 bits per heavy atom. The van der Waals surface area contributed by atoms with Crippen LogP contribution in [-0.4, -0.2) is 92.9 Å². The number of ether oxygens (including phenoxy) is 4. The lowest BCUT2D eigenvalue weighted by Gasteiger charge is -2.31. The van der Waals surface area contributed by atoms with Crippen LogP contribution in [0.5, 0.6) is 5.75 Å². The van der Waals surface area contributed by atoms with E-state index < -0.39 is 28.3 Å². The first-order chi connectivity index (χ1) is 23.6. The number of anilines is 1. The molecule has 1 amide bonds. The summed E-state index contributed by atoms with van der Waals surface area (Å²) in [5.74, 6) is 1.11. The minimum atomic E-state index is -4.01. The van der Waals surface area contributed by atoms with Crippen molar-refractivity contribution >= 4 is 42.8 Å². The zero-order valence-electron chi connectivity index (χ0n) is 28.1. The van der Waals surface area contributed by atoms with Crippen LogP contribution in [0.15, 0.2) is 47.4 Å². The van der Waals surface area contributed by atoms with E-state index in [0.29, 0.717) is 32.1 Å². The number of benzene rings is 2. The minimum absolute atomic E-state index is 0.0134. The zero-order valence-corrected chi connectivity index (χ0v) is 29.8. The van der Waals surface area contributed by atoms with Gasteiger partial charge in [-0.25, -0.2) is 18.2 Å². The van der Waals surface area contributed by atoms with Crippen molar-refractivity contribution in [2.75, 3.05) is 38.7 Å². The van der Waals surface area contributed by atoms with Crippen molar-refractivity contribution in [3.05, 3.63) is 48.0 Å². The van der Waals surface area contributed by atoms with E-state index in [1.807, 2.05) is 38.1 Å². The third-order valence-corrected chi connectivity index (χ3v) is 12.8. The standard InChI is InChI=1S/C35H46N4O8S2/c1-20(2)16-39(49(42,43)25-11-13-29-31(15-25)48-34(37-29)36-23-7-8-23)17-30(40)28(12-6-21-4-9-24(44-3)10-5-21)38-35(41)47-32-22-14-26-27(32)19-46-33(26)45-18-22/h4-5,9-11,13,15,20,22-23,26-28,30,32-33,40H,6-8,12,14,16-19H2,1-3H3,(H,36,37)(H,38,41)/t22?,26?,27?,28-,30+,32?,33?/m0/s1. The number of sulfonamides is 1. The van der Waals surface area contributed by atoms with E-state index >= 15 is 0 Å². The first-order valence-corrected chi connectivity index (χ1v) is 19.5. The zero-order chi connectivity index (χ0) is 34.3. The number of alkyl carbamates (subject to hydrolysis) is 1. The summed E-state index contributed by atoms with van der Waals surface area (Å²) < 4.78 is 53.3. The summed E-state index contributed by atoms with van der Waals surface area (Å²) in [5.41, 5.74) is 1.73. The van der Waals surface area contributed by atoms with Gasteiger partial charge in [-0.15, -0.1) is 0 Å². The van der Waals surface area contributed by atoms with Gasteiger partial charge < -0.3 is 34.7 Å². The number of fused-ring (bicyclic) bond motifs is 2. The van der Waals surface area contributed by atoms with Gasteiger partial charge in [0, 0.05) is 36.9 Å². The van der Waals surface area contributed by atoms with Gasteiger partial charge in [0.2, 0.25) is 10.0 Å². The Labute approximate surface area is 291 Å². The molecule has 2 aliphatic heterocycles. The number of aromatic nitrogens is 1. The highest BCUT2D eigenvalue weighted by atomic mass is 32.2. The van der Waals surface area contributed by atoms with Crippen LogP contribution in [0.2, 0.25) is 0 Å². The molecule has 1 aromatic heterocycles. The van der Waals surface area contributed by atoms with Crippen molar-refractivity contribution in [1.82, 2.24) is 14.6 Å². The van der Waals surface area contributed by atoms with E-state index in [2.05, 4.69) is 15.6 Å². The molecule has 2 aliphatic carbocycles. The highest BCUT2D eigenvalue weighted by molar-refractivity contribution is 7.89. The molecule has 2 saturated carbocycles. The number of nitrogens with one attached hydrogen (secondary N) is 2. The van der Waals surface area contributed by atoms with Crippen LogP contribution in [0, 0.1) is 23.7 Å². The first kappa shape index (κ1) is 34.4. The molecule has 3 heterocycles. The molecule has 2 aromatic carbocycles. The molecule has 2 bridgehead atoms. The van der Waals surface area contributed by atoms with E-state index in [4.69, 9.17) is 18.9 Å². The van der Waals surface area contributed by atoms with Crippen molar-refractivity contribution in [2.24, 2.45) is 23.7 Å². The first-order valence-electron chi connectivity index (χ1n) is 17.3. The molecule has 0 spiro atoms. The summed E-state index contributed by atoms with van der Waals surface area (Å²) in [7, 11) is -2.40. The third-order valence-electron chi connectivity index (χ3n) is 10.1. The Morgan fingerprint density at radius 2 is 1.88 bits per heavy atom. The van der Waals surface area contributed by atoms with Crippen LogP contribution >= 0.6 is 11.3 Å². The maximum absolute atomic E-state index is 14.2. The second kappa shape index (κ2) is 14.3. The van der Waals surface area contributed by atoms with Crippen LogP contribution in [-0.2, 0) is 30.7 Å². The number of carbonyl (C=O) groups excluding carboxylic acids is 1. The van der Waals surface area contributed by atoms with Gasteiger partial charge in [-0.1, -0.05) is 37.3 Å². The molecule has 49 heavy (non-hydrogen) atoms. The summed E-state index contributed by atoms with van der Waals surface area (Å²) >= 11 is 1.44. The van der Waals surface area contributed by atoms with Crippen LogP contribution < -0.4 is 15.4 Å². The minimum Gasteiger partial charge on any atom is -0.497 e. The lowest BCUT2D eigenvalue weighted by atomic mass is 9.98. The number of aliphatic hydroxyl groups is 1. The fourth-order valence-corrected chi connectivity index (χ4v) is 10.0. The lowest BCUT2D eigenvalue weighted by Crippen LogP contribution is -2.51. The van der Waals surface area contributed by atoms with Gasteiger partial charge in [0.05, 0.1) is 47.6 Å². The number of rotatable bonds is 15. The van der Waals surface area contributed by atoms with Crippen LogP contribution in [0.4, 0.5) is 9.93 Å². The maximum atomic E-state index is 14.2. The Kier molecular flexibility index (Phi) is 10.1. The number of aryl methyl sites for hydroxylation is 1. The number of carbonyl (C=O) groups is 1. The van der Waals surface area contributed by atoms with Crippen LogP contribution in [0.25, 0.3) is 10.2 Å². The Bertz CT molecular complexity index is 1730. The van der Waals surface area contributed by atoms with Crippen LogP contribution in [0.1, 0.15) is 45.1 Å². The number of methoxy groups -OCH3 is 1. The van der Waals surface area contributed by atoms with E-state index in [-0.39, 0.29) is 54.1 Å². The quantitative estimate of drug-likeness (QED) is 0.204. The molecular formula is C35H46N4O8S2. The van der Waals surface area contributed by atoms with Crippen molar-refractivity contribution in [3.63, 3.8) is 0 Å². The van der Waals surface area contributed by atoms with Gasteiger partial charge in [0.1, 0.15) is 11.9 Å². The largest absolute Gasteiger partial charge is 0.497 e. The summed E-state index contributed by atoms with van der Waals surface area (Å²) in [6.45, 7) is 4.83. The van der Waals surface area contributed by atoms with E-state index in [0.717, 1.165) is 45.9 Å². The molecule has 2 saturated heterocycles. The molecule has 4 fully saturated rings. The SMILES string of the molecule is COc1ccc(CC[C@H](NC(=O)OC2C3COC4OCC2C4C3)[C@H](O)CN(CC(C)C)S(=O)(=O)c2ccc3nc(NC4CC4)sc3c2)cc1. The van der Waals surface area contributed by atoms with Crippen molar-refractivity contribution in [3.8, 4) is 5.75 Å². The Morgan fingerprint density at radius 3 is 2.61 bits per heavy atom. The summed E-state index contributed by atoms with van der Waals surface area (Å²) in [6.07, 6.45) is 1.59. The number of thiazole rings is 1. The predicted octanol–water partition coefficient (Wildman–Crippen LogP) is 4.62.